The predicted molar refractivity (Wildman–Crippen MR) is 132 cm³/mol. The van der Waals surface area contributed by atoms with Crippen LogP contribution in [0.25, 0.3) is 11.3 Å². The molecule has 0 saturated carbocycles. The lowest BCUT2D eigenvalue weighted by Crippen LogP contribution is -2.46. The zero-order chi connectivity index (χ0) is 23.4. The molecule has 2 aromatic heterocycles. The van der Waals surface area contributed by atoms with Gasteiger partial charge in [0, 0.05) is 30.6 Å². The molecular weight excluding hydrogens is 436 g/mol. The van der Waals surface area contributed by atoms with Crippen LogP contribution < -0.4 is 14.4 Å². The van der Waals surface area contributed by atoms with Gasteiger partial charge >= 0.3 is 5.97 Å². The first-order valence-electron chi connectivity index (χ1n) is 10.9. The summed E-state index contributed by atoms with van der Waals surface area (Å²) in [6.45, 7) is 5.12. The van der Waals surface area contributed by atoms with E-state index in [0.29, 0.717) is 24.5 Å². The van der Waals surface area contributed by atoms with Gasteiger partial charge in [0.1, 0.15) is 28.1 Å². The molecule has 3 heterocycles. The first kappa shape index (κ1) is 22.9. The van der Waals surface area contributed by atoms with Crippen molar-refractivity contribution >= 4 is 29.6 Å². The zero-order valence-corrected chi connectivity index (χ0v) is 19.9. The molecule has 0 radical (unpaired) electrons. The number of rotatable bonds is 7. The van der Waals surface area contributed by atoms with E-state index < -0.39 is 11.4 Å². The Labute approximate surface area is 198 Å². The number of aryl methyl sites for hydroxylation is 1. The minimum atomic E-state index is -0.755. The Kier molecular flexibility index (Phi) is 6.74. The number of hydrogen-bond donors (Lipinski definition) is 2. The molecule has 4 rings (SSSR count). The molecule has 33 heavy (non-hydrogen) atoms. The molecule has 0 amide bonds. The number of aliphatic carboxylic acids is 1. The number of benzene rings is 1. The standard InChI is InChI=1S/C25H28N4O3S/c1-17-8-4-5-9-18(17)23-19(32-3)12-13-20(26-23)28-33-22-11-6-10-21(27-22)29-15-7-14-25(2,16-29)24(30)31/h4-6,8-13H,7,14-16H2,1-3H3,(H,26,28)(H,30,31). The smallest absolute Gasteiger partial charge is 0.311 e. The third-order valence-electron chi connectivity index (χ3n) is 5.98. The molecule has 7 nitrogen and oxygen atoms in total. The molecule has 1 aliphatic rings. The molecule has 1 unspecified atom stereocenters. The van der Waals surface area contributed by atoms with E-state index in [0.717, 1.165) is 40.6 Å². The van der Waals surface area contributed by atoms with E-state index in [9.17, 15) is 9.90 Å². The fourth-order valence-corrected chi connectivity index (χ4v) is 4.66. The summed E-state index contributed by atoms with van der Waals surface area (Å²) in [6, 6.07) is 17.7. The second-order valence-corrected chi connectivity index (χ2v) is 9.32. The Morgan fingerprint density at radius 1 is 1.15 bits per heavy atom. The Bertz CT molecular complexity index is 1160. The summed E-state index contributed by atoms with van der Waals surface area (Å²) in [7, 11) is 1.64. The van der Waals surface area contributed by atoms with Crippen LogP contribution in [-0.4, -0.2) is 41.2 Å². The van der Waals surface area contributed by atoms with E-state index in [1.165, 1.54) is 11.9 Å². The van der Waals surface area contributed by atoms with Gasteiger partial charge in [-0.2, -0.15) is 0 Å². The van der Waals surface area contributed by atoms with Crippen molar-refractivity contribution in [2.24, 2.45) is 5.41 Å². The van der Waals surface area contributed by atoms with E-state index in [2.05, 4.69) is 22.6 Å². The van der Waals surface area contributed by atoms with Gasteiger partial charge in [-0.3, -0.25) is 4.79 Å². The number of ether oxygens (including phenoxy) is 1. The van der Waals surface area contributed by atoms with Gasteiger partial charge in [0.25, 0.3) is 0 Å². The number of nitrogens with zero attached hydrogens (tertiary/aromatic N) is 3. The van der Waals surface area contributed by atoms with Gasteiger partial charge in [0.15, 0.2) is 0 Å². The van der Waals surface area contributed by atoms with Crippen LogP contribution in [0.1, 0.15) is 25.3 Å². The van der Waals surface area contributed by atoms with E-state index in [1.54, 1.807) is 7.11 Å². The van der Waals surface area contributed by atoms with Gasteiger partial charge in [-0.25, -0.2) is 9.97 Å². The van der Waals surface area contributed by atoms with Gasteiger partial charge in [0.2, 0.25) is 0 Å². The average molecular weight is 465 g/mol. The molecule has 3 aromatic rings. The van der Waals surface area contributed by atoms with Crippen LogP contribution in [-0.2, 0) is 4.79 Å². The summed E-state index contributed by atoms with van der Waals surface area (Å²) in [5.41, 5.74) is 2.18. The largest absolute Gasteiger partial charge is 0.494 e. The molecule has 8 heteroatoms. The summed E-state index contributed by atoms with van der Waals surface area (Å²) >= 11 is 1.37. The normalized spacial score (nSPS) is 18.1. The molecule has 1 aromatic carbocycles. The number of piperidine rings is 1. The van der Waals surface area contributed by atoms with Crippen molar-refractivity contribution in [1.82, 2.24) is 9.97 Å². The molecule has 1 saturated heterocycles. The Morgan fingerprint density at radius 3 is 2.73 bits per heavy atom. The lowest BCUT2D eigenvalue weighted by molar-refractivity contribution is -0.148. The number of carboxylic acids is 1. The lowest BCUT2D eigenvalue weighted by atomic mass is 9.82. The number of anilines is 2. The second kappa shape index (κ2) is 9.70. The highest BCUT2D eigenvalue weighted by Gasteiger charge is 2.38. The number of nitrogens with one attached hydrogen (secondary N) is 1. The molecule has 0 aliphatic carbocycles. The van der Waals surface area contributed by atoms with Crippen LogP contribution in [0, 0.1) is 12.3 Å². The van der Waals surface area contributed by atoms with Gasteiger partial charge in [0.05, 0.1) is 12.5 Å². The van der Waals surface area contributed by atoms with E-state index in [1.807, 2.05) is 55.5 Å². The highest BCUT2D eigenvalue weighted by Crippen LogP contribution is 2.34. The first-order chi connectivity index (χ1) is 15.9. The summed E-state index contributed by atoms with van der Waals surface area (Å²) in [5, 5.41) is 10.4. The van der Waals surface area contributed by atoms with E-state index >= 15 is 0 Å². The molecule has 1 atom stereocenters. The van der Waals surface area contributed by atoms with Crippen molar-refractivity contribution in [3.63, 3.8) is 0 Å². The highest BCUT2D eigenvalue weighted by molar-refractivity contribution is 8.00. The monoisotopic (exact) mass is 464 g/mol. The molecule has 172 valence electrons. The van der Waals surface area contributed by atoms with Crippen LogP contribution in [0.2, 0.25) is 0 Å². The predicted octanol–water partition coefficient (Wildman–Crippen LogP) is 5.27. The summed E-state index contributed by atoms with van der Waals surface area (Å²) in [4.78, 5) is 23.3. The van der Waals surface area contributed by atoms with Gasteiger partial charge in [-0.15, -0.1) is 0 Å². The Balaban J connectivity index is 1.51. The Morgan fingerprint density at radius 2 is 1.97 bits per heavy atom. The van der Waals surface area contributed by atoms with Gasteiger partial charge in [-0.1, -0.05) is 30.3 Å². The third-order valence-corrected chi connectivity index (χ3v) is 6.73. The topological polar surface area (TPSA) is 87.6 Å². The van der Waals surface area contributed by atoms with Crippen molar-refractivity contribution < 1.29 is 14.6 Å². The first-order valence-corrected chi connectivity index (χ1v) is 11.7. The quantitative estimate of drug-likeness (QED) is 0.457. The molecule has 1 aliphatic heterocycles. The van der Waals surface area contributed by atoms with Crippen molar-refractivity contribution in [3.8, 4) is 17.0 Å². The number of methoxy groups -OCH3 is 1. The van der Waals surface area contributed by atoms with E-state index in [4.69, 9.17) is 14.7 Å². The fraction of sp³-hybridized carbons (Fsp3) is 0.320. The van der Waals surface area contributed by atoms with Crippen LogP contribution in [0.5, 0.6) is 5.75 Å². The van der Waals surface area contributed by atoms with Crippen molar-refractivity contribution in [2.45, 2.75) is 31.7 Å². The second-order valence-electron chi connectivity index (χ2n) is 8.49. The minimum absolute atomic E-state index is 0.455. The molecule has 0 bridgehead atoms. The zero-order valence-electron chi connectivity index (χ0n) is 19.0. The maximum atomic E-state index is 11.7. The maximum absolute atomic E-state index is 11.7. The molecule has 0 spiro atoms. The summed E-state index contributed by atoms with van der Waals surface area (Å²) in [6.07, 6.45) is 1.51. The van der Waals surface area contributed by atoms with Crippen molar-refractivity contribution in [1.29, 1.82) is 0 Å². The van der Waals surface area contributed by atoms with Crippen LogP contribution in [0.4, 0.5) is 11.6 Å². The van der Waals surface area contributed by atoms with Gasteiger partial charge in [-0.05, 0) is 56.5 Å². The SMILES string of the molecule is COc1ccc(NSc2cccc(N3CCCC(C)(C(=O)O)C3)n2)nc1-c1ccccc1C. The maximum Gasteiger partial charge on any atom is 0.311 e. The van der Waals surface area contributed by atoms with Crippen LogP contribution in [0.3, 0.4) is 0 Å². The molecular formula is C25H28N4O3S. The van der Waals surface area contributed by atoms with Crippen molar-refractivity contribution in [3.05, 3.63) is 60.2 Å². The number of pyridine rings is 2. The minimum Gasteiger partial charge on any atom is -0.494 e. The van der Waals surface area contributed by atoms with Crippen molar-refractivity contribution in [2.75, 3.05) is 29.8 Å². The van der Waals surface area contributed by atoms with Crippen LogP contribution >= 0.6 is 11.9 Å². The number of carbonyl (C=O) groups is 1. The number of aromatic nitrogens is 2. The Hall–Kier alpha value is -3.26. The summed E-state index contributed by atoms with van der Waals surface area (Å²) < 4.78 is 8.81. The summed E-state index contributed by atoms with van der Waals surface area (Å²) in [5.74, 6) is 1.45. The van der Waals surface area contributed by atoms with E-state index in [-0.39, 0.29) is 0 Å². The van der Waals surface area contributed by atoms with Gasteiger partial charge < -0.3 is 19.5 Å². The number of carboxylic acid groups (broad SMARTS) is 1. The molecule has 1 fully saturated rings. The van der Waals surface area contributed by atoms with Crippen LogP contribution in [0.15, 0.2) is 59.6 Å². The highest BCUT2D eigenvalue weighted by atomic mass is 32.2. The average Bonchev–Trinajstić information content (AvgIpc) is 2.83. The third kappa shape index (κ3) is 5.06. The molecule has 2 N–H and O–H groups in total. The number of hydrogen-bond acceptors (Lipinski definition) is 7. The lowest BCUT2D eigenvalue weighted by Gasteiger charge is -2.38. The fourth-order valence-electron chi connectivity index (χ4n) is 4.05.